The van der Waals surface area contributed by atoms with Crippen LogP contribution in [-0.4, -0.2) is 22.2 Å². The van der Waals surface area contributed by atoms with Crippen molar-refractivity contribution < 1.29 is 13.9 Å². The normalized spacial score (nSPS) is 16.7. The molecule has 0 amide bonds. The number of hydrogen-bond acceptors (Lipinski definition) is 3. The van der Waals surface area contributed by atoms with Crippen LogP contribution in [0.3, 0.4) is 0 Å². The molecule has 4 nitrogen and oxygen atoms in total. The van der Waals surface area contributed by atoms with E-state index in [2.05, 4.69) is 5.10 Å². The van der Waals surface area contributed by atoms with Crippen LogP contribution < -0.4 is 4.74 Å². The number of rotatable bonds is 1. The maximum absolute atomic E-state index is 13.3. The Bertz CT molecular complexity index is 704. The molecule has 0 aliphatic carbocycles. The predicted octanol–water partition coefficient (Wildman–Crippen LogP) is 2.61. The minimum absolute atomic E-state index is 0.194. The average Bonchev–Trinajstić information content (AvgIpc) is 2.77. The summed E-state index contributed by atoms with van der Waals surface area (Å²) < 4.78 is 20.5. The zero-order chi connectivity index (χ0) is 14.1. The molecule has 0 saturated heterocycles. The first-order valence-electron chi connectivity index (χ1n) is 6.30. The molecule has 5 heteroatoms. The summed E-state index contributed by atoms with van der Waals surface area (Å²) in [6.45, 7) is 0.399. The summed E-state index contributed by atoms with van der Waals surface area (Å²) in [4.78, 5) is 12.5. The Morgan fingerprint density at radius 3 is 3.05 bits per heavy atom. The minimum atomic E-state index is -0.441. The zero-order valence-electron chi connectivity index (χ0n) is 11.0. The lowest BCUT2D eigenvalue weighted by Crippen LogP contribution is -2.02. The molecule has 0 fully saturated rings. The molecule has 1 aliphatic heterocycles. The Morgan fingerprint density at radius 1 is 1.45 bits per heavy atom. The van der Waals surface area contributed by atoms with E-state index in [1.165, 1.54) is 18.2 Å². The highest BCUT2D eigenvalue weighted by molar-refractivity contribution is 6.13. The molecule has 1 aromatic heterocycles. The second-order valence-electron chi connectivity index (χ2n) is 4.68. The van der Waals surface area contributed by atoms with E-state index in [0.717, 1.165) is 5.56 Å². The van der Waals surface area contributed by atoms with Gasteiger partial charge in [0, 0.05) is 30.8 Å². The van der Waals surface area contributed by atoms with E-state index in [4.69, 9.17) is 4.74 Å². The van der Waals surface area contributed by atoms with Gasteiger partial charge in [-0.2, -0.15) is 5.10 Å². The minimum Gasteiger partial charge on any atom is -0.492 e. The molecule has 0 unspecified atom stereocenters. The van der Waals surface area contributed by atoms with Gasteiger partial charge in [0.25, 0.3) is 0 Å². The van der Waals surface area contributed by atoms with Crippen LogP contribution in [0.25, 0.3) is 6.08 Å². The number of carbonyl (C=O) groups is 1. The fourth-order valence-electron chi connectivity index (χ4n) is 2.22. The Kier molecular flexibility index (Phi) is 3.10. The van der Waals surface area contributed by atoms with Crippen LogP contribution in [0.4, 0.5) is 4.39 Å². The number of carbonyl (C=O) groups excluding carboxylic acids is 1. The topological polar surface area (TPSA) is 44.1 Å². The van der Waals surface area contributed by atoms with Crippen molar-refractivity contribution in [2.45, 2.75) is 6.42 Å². The maximum atomic E-state index is 13.3. The van der Waals surface area contributed by atoms with Gasteiger partial charge in [0.1, 0.15) is 11.6 Å². The van der Waals surface area contributed by atoms with Crippen molar-refractivity contribution in [3.8, 4) is 5.75 Å². The number of ketones is 1. The number of hydrogen-bond donors (Lipinski definition) is 0. The fourth-order valence-corrected chi connectivity index (χ4v) is 2.22. The van der Waals surface area contributed by atoms with Gasteiger partial charge in [-0.05, 0) is 24.3 Å². The third-order valence-electron chi connectivity index (χ3n) is 3.17. The summed E-state index contributed by atoms with van der Waals surface area (Å²) in [7, 11) is 1.81. The van der Waals surface area contributed by atoms with Gasteiger partial charge in [0.2, 0.25) is 0 Å². The van der Waals surface area contributed by atoms with Crippen LogP contribution in [0.2, 0.25) is 0 Å². The summed E-state index contributed by atoms with van der Waals surface area (Å²) in [5.74, 6) is -0.199. The molecule has 0 atom stereocenters. The Labute approximate surface area is 115 Å². The smallest absolute Gasteiger partial charge is 0.192 e. The summed E-state index contributed by atoms with van der Waals surface area (Å²) >= 11 is 0. The van der Waals surface area contributed by atoms with Crippen molar-refractivity contribution in [3.63, 3.8) is 0 Å². The molecule has 20 heavy (non-hydrogen) atoms. The first kappa shape index (κ1) is 12.6. The lowest BCUT2D eigenvalue weighted by molar-refractivity contribution is 0.103. The number of Topliss-reactive ketones (excluding diaryl/α,β-unsaturated/α-hetero) is 1. The molecule has 0 spiro atoms. The van der Waals surface area contributed by atoms with Crippen molar-refractivity contribution in [2.75, 3.05) is 6.61 Å². The van der Waals surface area contributed by atoms with E-state index < -0.39 is 5.82 Å². The Morgan fingerprint density at radius 2 is 2.30 bits per heavy atom. The molecule has 1 aromatic carbocycles. The molecule has 0 radical (unpaired) electrons. The average molecular weight is 272 g/mol. The molecular weight excluding hydrogens is 259 g/mol. The van der Waals surface area contributed by atoms with E-state index in [-0.39, 0.29) is 11.3 Å². The summed E-state index contributed by atoms with van der Waals surface area (Å²) in [6, 6.07) is 4.01. The highest BCUT2D eigenvalue weighted by atomic mass is 19.1. The third kappa shape index (κ3) is 2.34. The summed E-state index contributed by atoms with van der Waals surface area (Å²) in [6.07, 6.45) is 5.76. The lowest BCUT2D eigenvalue weighted by atomic mass is 10.00. The van der Waals surface area contributed by atoms with Crippen LogP contribution in [-0.2, 0) is 7.05 Å². The van der Waals surface area contributed by atoms with Crippen LogP contribution in [0.5, 0.6) is 5.75 Å². The van der Waals surface area contributed by atoms with Gasteiger partial charge in [-0.1, -0.05) is 0 Å². The monoisotopic (exact) mass is 272 g/mol. The second-order valence-corrected chi connectivity index (χ2v) is 4.68. The van der Waals surface area contributed by atoms with Crippen molar-refractivity contribution in [2.24, 2.45) is 7.05 Å². The van der Waals surface area contributed by atoms with E-state index in [1.807, 2.05) is 13.2 Å². The molecule has 0 saturated carbocycles. The SMILES string of the molecule is Cn1cc(/C=C2/CCOc3ccc(F)cc3C2=O)cn1. The van der Waals surface area contributed by atoms with Crippen molar-refractivity contribution in [1.29, 1.82) is 0 Å². The number of benzene rings is 1. The number of aryl methyl sites for hydroxylation is 1. The number of fused-ring (bicyclic) bond motifs is 1. The number of nitrogens with zero attached hydrogens (tertiary/aromatic N) is 2. The van der Waals surface area contributed by atoms with Gasteiger partial charge in [-0.3, -0.25) is 9.48 Å². The molecule has 2 heterocycles. The van der Waals surface area contributed by atoms with Gasteiger partial charge < -0.3 is 4.74 Å². The van der Waals surface area contributed by atoms with E-state index in [0.29, 0.717) is 24.4 Å². The second kappa shape index (κ2) is 4.92. The zero-order valence-corrected chi connectivity index (χ0v) is 11.0. The van der Waals surface area contributed by atoms with Gasteiger partial charge >= 0.3 is 0 Å². The summed E-state index contributed by atoms with van der Waals surface area (Å²) in [5.41, 5.74) is 1.72. The Hall–Kier alpha value is -2.43. The van der Waals surface area contributed by atoms with E-state index >= 15 is 0 Å². The van der Waals surface area contributed by atoms with E-state index in [1.54, 1.807) is 17.0 Å². The van der Waals surface area contributed by atoms with Crippen LogP contribution >= 0.6 is 0 Å². The van der Waals surface area contributed by atoms with Crippen molar-refractivity contribution in [1.82, 2.24) is 9.78 Å². The highest BCUT2D eigenvalue weighted by Crippen LogP contribution is 2.28. The quantitative estimate of drug-likeness (QED) is 0.749. The number of aromatic nitrogens is 2. The molecule has 3 rings (SSSR count). The maximum Gasteiger partial charge on any atom is 0.192 e. The van der Waals surface area contributed by atoms with Crippen LogP contribution in [0, 0.1) is 5.82 Å². The van der Waals surface area contributed by atoms with Crippen molar-refractivity contribution in [3.05, 3.63) is 53.1 Å². The van der Waals surface area contributed by atoms with Crippen LogP contribution in [0.1, 0.15) is 22.3 Å². The van der Waals surface area contributed by atoms with E-state index in [9.17, 15) is 9.18 Å². The van der Waals surface area contributed by atoms with Crippen molar-refractivity contribution >= 4 is 11.9 Å². The highest BCUT2D eigenvalue weighted by Gasteiger charge is 2.21. The van der Waals surface area contributed by atoms with Gasteiger partial charge in [0.15, 0.2) is 5.78 Å². The Balaban J connectivity index is 2.02. The molecule has 102 valence electrons. The first-order valence-corrected chi connectivity index (χ1v) is 6.30. The largest absolute Gasteiger partial charge is 0.492 e. The molecule has 0 N–H and O–H groups in total. The first-order chi connectivity index (χ1) is 9.63. The number of ether oxygens (including phenoxy) is 1. The van der Waals surface area contributed by atoms with Gasteiger partial charge in [-0.15, -0.1) is 0 Å². The standard InChI is InChI=1S/C15H13FN2O2/c1-18-9-10(8-17-18)6-11-4-5-20-14-3-2-12(16)7-13(14)15(11)19/h2-3,6-9H,4-5H2,1H3/b11-6-. The van der Waals surface area contributed by atoms with Gasteiger partial charge in [-0.25, -0.2) is 4.39 Å². The molecule has 0 bridgehead atoms. The van der Waals surface area contributed by atoms with Crippen LogP contribution in [0.15, 0.2) is 36.2 Å². The molecule has 2 aromatic rings. The number of halogens is 1. The molecular formula is C15H13FN2O2. The predicted molar refractivity (Wildman–Crippen MR) is 72.0 cm³/mol. The lowest BCUT2D eigenvalue weighted by Gasteiger charge is -2.04. The fraction of sp³-hybridized carbons (Fsp3) is 0.200. The summed E-state index contributed by atoms with van der Waals surface area (Å²) in [5, 5.41) is 4.06. The van der Waals surface area contributed by atoms with Gasteiger partial charge in [0.05, 0.1) is 18.4 Å². The molecule has 1 aliphatic rings. The third-order valence-corrected chi connectivity index (χ3v) is 3.17.